The van der Waals surface area contributed by atoms with Gasteiger partial charge in [0, 0.05) is 44.5 Å². The molecule has 2 aromatic carbocycles. The van der Waals surface area contributed by atoms with Crippen molar-refractivity contribution in [3.8, 4) is 0 Å². The Morgan fingerprint density at radius 2 is 1.59 bits per heavy atom. The highest BCUT2D eigenvalue weighted by Gasteiger charge is 2.24. The average molecular weight is 365 g/mol. The molecular formula is C22H27N3O2. The van der Waals surface area contributed by atoms with Gasteiger partial charge in [0.05, 0.1) is 0 Å². The summed E-state index contributed by atoms with van der Waals surface area (Å²) in [5, 5.41) is 0. The second-order valence-corrected chi connectivity index (χ2v) is 7.15. The van der Waals surface area contributed by atoms with Gasteiger partial charge in [0.25, 0.3) is 0 Å². The zero-order chi connectivity index (χ0) is 19.4. The molecule has 0 radical (unpaired) electrons. The number of rotatable bonds is 4. The normalized spacial score (nSPS) is 14.2. The molecule has 0 aromatic heterocycles. The Bertz CT molecular complexity index is 809. The summed E-state index contributed by atoms with van der Waals surface area (Å²) in [4.78, 5) is 30.5. The largest absolute Gasteiger partial charge is 0.368 e. The number of carbonyl (C=O) groups excluding carboxylic acids is 2. The van der Waals surface area contributed by atoms with E-state index < -0.39 is 0 Å². The number of aryl methyl sites for hydroxylation is 2. The molecule has 1 heterocycles. The highest BCUT2D eigenvalue weighted by Crippen LogP contribution is 2.19. The van der Waals surface area contributed by atoms with Crippen LogP contribution in [0.3, 0.4) is 0 Å². The molecule has 0 atom stereocenters. The quantitative estimate of drug-likeness (QED) is 0.837. The lowest BCUT2D eigenvalue weighted by atomic mass is 10.2. The molecule has 27 heavy (non-hydrogen) atoms. The molecule has 0 unspecified atom stereocenters. The third-order valence-electron chi connectivity index (χ3n) is 5.02. The summed E-state index contributed by atoms with van der Waals surface area (Å²) >= 11 is 0. The third kappa shape index (κ3) is 4.67. The number of benzene rings is 2. The second kappa shape index (κ2) is 8.25. The number of piperazine rings is 1. The van der Waals surface area contributed by atoms with Crippen molar-refractivity contribution in [3.63, 3.8) is 0 Å². The van der Waals surface area contributed by atoms with Gasteiger partial charge in [-0.05, 0) is 43.7 Å². The van der Waals surface area contributed by atoms with E-state index in [4.69, 9.17) is 0 Å². The van der Waals surface area contributed by atoms with Gasteiger partial charge in [0.2, 0.25) is 11.8 Å². The van der Waals surface area contributed by atoms with E-state index in [1.807, 2.05) is 36.1 Å². The highest BCUT2D eigenvalue weighted by atomic mass is 16.2. The molecule has 142 valence electrons. The Labute approximate surface area is 161 Å². The predicted molar refractivity (Wildman–Crippen MR) is 109 cm³/mol. The van der Waals surface area contributed by atoms with E-state index in [9.17, 15) is 9.59 Å². The predicted octanol–water partition coefficient (Wildman–Crippen LogP) is 3.01. The van der Waals surface area contributed by atoms with Gasteiger partial charge in [0.15, 0.2) is 0 Å². The lowest BCUT2D eigenvalue weighted by Gasteiger charge is -2.37. The van der Waals surface area contributed by atoms with Gasteiger partial charge < -0.3 is 14.7 Å². The van der Waals surface area contributed by atoms with E-state index in [0.29, 0.717) is 13.1 Å². The number of anilines is 2. The Kier molecular flexibility index (Phi) is 5.79. The van der Waals surface area contributed by atoms with E-state index >= 15 is 0 Å². The van der Waals surface area contributed by atoms with Crippen LogP contribution in [0.15, 0.2) is 48.5 Å². The van der Waals surface area contributed by atoms with Gasteiger partial charge in [-0.2, -0.15) is 0 Å². The van der Waals surface area contributed by atoms with Crippen LogP contribution in [-0.2, 0) is 9.59 Å². The summed E-state index contributed by atoms with van der Waals surface area (Å²) in [6, 6.07) is 16.1. The number of hydrogen-bond donors (Lipinski definition) is 0. The van der Waals surface area contributed by atoms with E-state index in [1.54, 1.807) is 4.90 Å². The van der Waals surface area contributed by atoms with E-state index in [-0.39, 0.29) is 18.4 Å². The smallest absolute Gasteiger partial charge is 0.242 e. The third-order valence-corrected chi connectivity index (χ3v) is 5.02. The minimum Gasteiger partial charge on any atom is -0.368 e. The first-order chi connectivity index (χ1) is 12.9. The average Bonchev–Trinajstić information content (AvgIpc) is 2.67. The molecule has 1 aliphatic rings. The molecule has 0 N–H and O–H groups in total. The maximum absolute atomic E-state index is 12.8. The van der Waals surface area contributed by atoms with Crippen molar-refractivity contribution in [2.45, 2.75) is 20.8 Å². The Balaban J connectivity index is 1.61. The summed E-state index contributed by atoms with van der Waals surface area (Å²) in [7, 11) is 0. The van der Waals surface area contributed by atoms with Crippen LogP contribution in [-0.4, -0.2) is 49.4 Å². The summed E-state index contributed by atoms with van der Waals surface area (Å²) in [6.45, 7) is 8.63. The van der Waals surface area contributed by atoms with Crippen molar-refractivity contribution in [1.82, 2.24) is 4.90 Å². The summed E-state index contributed by atoms with van der Waals surface area (Å²) in [5.41, 5.74) is 4.33. The Morgan fingerprint density at radius 1 is 0.926 bits per heavy atom. The van der Waals surface area contributed by atoms with Crippen molar-refractivity contribution in [1.29, 1.82) is 0 Å². The lowest BCUT2D eigenvalue weighted by Crippen LogP contribution is -2.51. The van der Waals surface area contributed by atoms with Crippen molar-refractivity contribution in [2.75, 3.05) is 42.5 Å². The fraction of sp³-hybridized carbons (Fsp3) is 0.364. The molecule has 2 aromatic rings. The van der Waals surface area contributed by atoms with Crippen LogP contribution in [0.2, 0.25) is 0 Å². The molecule has 0 saturated carbocycles. The van der Waals surface area contributed by atoms with Crippen LogP contribution in [0.25, 0.3) is 0 Å². The number of carbonyl (C=O) groups is 2. The van der Waals surface area contributed by atoms with Gasteiger partial charge >= 0.3 is 0 Å². The molecule has 5 heteroatoms. The lowest BCUT2D eigenvalue weighted by molar-refractivity contribution is -0.131. The molecule has 0 bridgehead atoms. The first-order valence-electron chi connectivity index (χ1n) is 9.38. The Hall–Kier alpha value is -2.82. The topological polar surface area (TPSA) is 43.9 Å². The van der Waals surface area contributed by atoms with Gasteiger partial charge in [-0.25, -0.2) is 0 Å². The number of nitrogens with zero attached hydrogens (tertiary/aromatic N) is 3. The molecule has 1 saturated heterocycles. The van der Waals surface area contributed by atoms with Crippen LogP contribution >= 0.6 is 0 Å². The minimum absolute atomic E-state index is 0.00494. The number of amides is 2. The van der Waals surface area contributed by atoms with E-state index in [2.05, 4.69) is 36.1 Å². The zero-order valence-corrected chi connectivity index (χ0v) is 16.3. The van der Waals surface area contributed by atoms with Crippen LogP contribution in [0.4, 0.5) is 11.4 Å². The fourth-order valence-electron chi connectivity index (χ4n) is 3.38. The van der Waals surface area contributed by atoms with Crippen molar-refractivity contribution in [3.05, 3.63) is 59.7 Å². The molecule has 0 spiro atoms. The number of hydrogen-bond acceptors (Lipinski definition) is 3. The van der Waals surface area contributed by atoms with Crippen LogP contribution < -0.4 is 9.80 Å². The van der Waals surface area contributed by atoms with E-state index in [1.165, 1.54) is 18.2 Å². The fourth-order valence-corrected chi connectivity index (χ4v) is 3.38. The van der Waals surface area contributed by atoms with Crippen LogP contribution in [0, 0.1) is 13.8 Å². The summed E-state index contributed by atoms with van der Waals surface area (Å²) < 4.78 is 0. The van der Waals surface area contributed by atoms with Gasteiger partial charge in [-0.15, -0.1) is 0 Å². The van der Waals surface area contributed by atoms with Gasteiger partial charge in [0.1, 0.15) is 6.54 Å². The first-order valence-corrected chi connectivity index (χ1v) is 9.38. The molecule has 3 rings (SSSR count). The summed E-state index contributed by atoms with van der Waals surface area (Å²) in [6.07, 6.45) is 0. The molecule has 2 amide bonds. The maximum atomic E-state index is 12.8. The van der Waals surface area contributed by atoms with Crippen LogP contribution in [0.1, 0.15) is 18.1 Å². The molecule has 0 aliphatic carbocycles. The first kappa shape index (κ1) is 19.0. The van der Waals surface area contributed by atoms with Gasteiger partial charge in [-0.3, -0.25) is 9.59 Å². The van der Waals surface area contributed by atoms with Gasteiger partial charge in [-0.1, -0.05) is 29.8 Å². The highest BCUT2D eigenvalue weighted by molar-refractivity contribution is 5.97. The van der Waals surface area contributed by atoms with Crippen LogP contribution in [0.5, 0.6) is 0 Å². The molecule has 1 aliphatic heterocycles. The zero-order valence-electron chi connectivity index (χ0n) is 16.3. The van der Waals surface area contributed by atoms with Crippen molar-refractivity contribution >= 4 is 23.2 Å². The Morgan fingerprint density at radius 3 is 2.19 bits per heavy atom. The van der Waals surface area contributed by atoms with E-state index in [0.717, 1.165) is 24.3 Å². The monoisotopic (exact) mass is 365 g/mol. The summed E-state index contributed by atoms with van der Waals surface area (Å²) in [5.74, 6) is -0.125. The maximum Gasteiger partial charge on any atom is 0.242 e. The molecular weight excluding hydrogens is 338 g/mol. The standard InChI is InChI=1S/C22H27N3O2/c1-17-7-9-20(10-8-17)25(19(3)26)16-22(27)24-13-11-23(12-14-24)21-6-4-5-18(2)15-21/h4-10,15H,11-14,16H2,1-3H3. The van der Waals surface area contributed by atoms with Crippen molar-refractivity contribution < 1.29 is 9.59 Å². The minimum atomic E-state index is -0.120. The van der Waals surface area contributed by atoms with Crippen molar-refractivity contribution in [2.24, 2.45) is 0 Å². The molecule has 1 fully saturated rings. The SMILES string of the molecule is CC(=O)N(CC(=O)N1CCN(c2cccc(C)c2)CC1)c1ccc(C)cc1. The molecule has 5 nitrogen and oxygen atoms in total. The second-order valence-electron chi connectivity index (χ2n) is 7.15.